The van der Waals surface area contributed by atoms with Crippen LogP contribution in [-0.4, -0.2) is 24.0 Å². The first-order valence-electron chi connectivity index (χ1n) is 9.35. The van der Waals surface area contributed by atoms with Crippen molar-refractivity contribution in [3.05, 3.63) is 35.9 Å². The van der Waals surface area contributed by atoms with Crippen molar-refractivity contribution in [1.29, 1.82) is 0 Å². The lowest BCUT2D eigenvalue weighted by Gasteiger charge is -2.61. The zero-order chi connectivity index (χ0) is 17.8. The number of benzene rings is 1. The van der Waals surface area contributed by atoms with Crippen molar-refractivity contribution in [1.82, 2.24) is 0 Å². The molecule has 4 aliphatic rings. The van der Waals surface area contributed by atoms with Gasteiger partial charge in [-0.1, -0.05) is 36.8 Å². The van der Waals surface area contributed by atoms with Crippen molar-refractivity contribution in [3.63, 3.8) is 0 Å². The first-order valence-corrected chi connectivity index (χ1v) is 9.35. The fourth-order valence-corrected chi connectivity index (χ4v) is 6.13. The van der Waals surface area contributed by atoms with Crippen molar-refractivity contribution in [3.8, 4) is 0 Å². The number of carbonyl (C=O) groups is 2. The molecule has 0 spiro atoms. The van der Waals surface area contributed by atoms with E-state index < -0.39 is 11.5 Å². The molecule has 4 bridgehead atoms. The monoisotopic (exact) mass is 342 g/mol. The molecule has 1 aromatic carbocycles. The Morgan fingerprint density at radius 2 is 2.00 bits per heavy atom. The van der Waals surface area contributed by atoms with Gasteiger partial charge in [0.25, 0.3) is 0 Å². The summed E-state index contributed by atoms with van der Waals surface area (Å²) >= 11 is 0. The van der Waals surface area contributed by atoms with Gasteiger partial charge in [-0.3, -0.25) is 9.59 Å². The maximum absolute atomic E-state index is 13.5. The van der Waals surface area contributed by atoms with Crippen LogP contribution < -0.4 is 0 Å². The molecule has 5 rings (SSSR count). The molecule has 25 heavy (non-hydrogen) atoms. The second-order valence-corrected chi connectivity index (χ2v) is 8.23. The van der Waals surface area contributed by atoms with Crippen LogP contribution in [0.15, 0.2) is 30.3 Å². The van der Waals surface area contributed by atoms with Crippen molar-refractivity contribution in [2.45, 2.75) is 38.7 Å². The number of esters is 1. The van der Waals surface area contributed by atoms with Crippen LogP contribution in [0, 0.1) is 35.0 Å². The summed E-state index contributed by atoms with van der Waals surface area (Å²) < 4.78 is 5.12. The van der Waals surface area contributed by atoms with Crippen LogP contribution in [0.3, 0.4) is 0 Å². The second-order valence-electron chi connectivity index (χ2n) is 8.23. The molecule has 0 saturated heterocycles. The fraction of sp³-hybridized carbons (Fsp3) is 0.619. The molecule has 4 fully saturated rings. The van der Waals surface area contributed by atoms with Gasteiger partial charge in [-0.25, -0.2) is 0 Å². The lowest BCUT2D eigenvalue weighted by molar-refractivity contribution is -0.196. The minimum absolute atomic E-state index is 0.0912. The fourth-order valence-electron chi connectivity index (χ4n) is 6.13. The number of ether oxygens (including phenoxy) is 1. The zero-order valence-corrected chi connectivity index (χ0v) is 14.9. The molecule has 0 amide bonds. The highest BCUT2D eigenvalue weighted by molar-refractivity contribution is 5.92. The molecule has 0 heterocycles. The molecule has 134 valence electrons. The topological polar surface area (TPSA) is 63.6 Å². The first-order chi connectivity index (χ1) is 12.0. The first kappa shape index (κ1) is 16.8. The standard InChI is InChI=1S/C21H26O4/c1-21(18(22)12-7-4-3-5-8-12)15-11-13-9-6-10-14(16(13)19(21)23)17(15)20(24)25-2/h3-5,7-8,13-18,22H,6,9-11H2,1-2H3/t13-,14-,15-,16+,17+,18?,21+/m0/s1. The molecule has 4 aliphatic carbocycles. The van der Waals surface area contributed by atoms with E-state index in [9.17, 15) is 14.7 Å². The molecule has 4 nitrogen and oxygen atoms in total. The Kier molecular flexibility index (Phi) is 3.99. The second kappa shape index (κ2) is 5.94. The highest BCUT2D eigenvalue weighted by Crippen LogP contribution is 2.64. The van der Waals surface area contributed by atoms with Crippen molar-refractivity contribution >= 4 is 11.8 Å². The minimum atomic E-state index is -0.921. The summed E-state index contributed by atoms with van der Waals surface area (Å²) in [5, 5.41) is 11.2. The Labute approximate surface area is 148 Å². The average molecular weight is 342 g/mol. The van der Waals surface area contributed by atoms with Crippen LogP contribution in [-0.2, 0) is 14.3 Å². The number of rotatable bonds is 3. The Hall–Kier alpha value is -1.68. The van der Waals surface area contributed by atoms with Crippen molar-refractivity contribution < 1.29 is 19.4 Å². The molecular weight excluding hydrogens is 316 g/mol. The number of hydrogen-bond donors (Lipinski definition) is 1. The van der Waals surface area contributed by atoms with E-state index in [-0.39, 0.29) is 35.4 Å². The van der Waals surface area contributed by atoms with E-state index in [1.54, 1.807) is 0 Å². The van der Waals surface area contributed by atoms with E-state index in [2.05, 4.69) is 0 Å². The number of fused-ring (bicyclic) bond motifs is 1. The third kappa shape index (κ3) is 2.23. The quantitative estimate of drug-likeness (QED) is 0.857. The molecule has 1 N–H and O–H groups in total. The predicted octanol–water partition coefficient (Wildman–Crippen LogP) is 3.15. The van der Waals surface area contributed by atoms with Gasteiger partial charge in [0.1, 0.15) is 5.78 Å². The average Bonchev–Trinajstić information content (AvgIpc) is 2.64. The number of Topliss-reactive ketones (excluding diaryl/α,β-unsaturated/α-hetero) is 1. The summed E-state index contributed by atoms with van der Waals surface area (Å²) in [5.41, 5.74) is -0.172. The lowest BCUT2D eigenvalue weighted by Crippen LogP contribution is -2.64. The van der Waals surface area contributed by atoms with Gasteiger partial charge in [0.15, 0.2) is 0 Å². The summed E-state index contributed by atoms with van der Waals surface area (Å²) in [6.45, 7) is 1.87. The highest BCUT2D eigenvalue weighted by atomic mass is 16.5. The predicted molar refractivity (Wildman–Crippen MR) is 92.4 cm³/mol. The molecule has 1 aromatic rings. The molecule has 0 radical (unpaired) electrons. The summed E-state index contributed by atoms with van der Waals surface area (Å²) in [7, 11) is 1.43. The van der Waals surface area contributed by atoms with E-state index in [1.807, 2.05) is 37.3 Å². The summed E-state index contributed by atoms with van der Waals surface area (Å²) in [5.74, 6) is -0.113. The maximum Gasteiger partial charge on any atom is 0.309 e. The van der Waals surface area contributed by atoms with Gasteiger partial charge in [0.05, 0.1) is 24.5 Å². The number of aliphatic hydroxyl groups excluding tert-OH is 1. The third-order valence-corrected chi connectivity index (χ3v) is 7.29. The molecule has 4 heteroatoms. The summed E-state index contributed by atoms with van der Waals surface area (Å²) in [6.07, 6.45) is 3.02. The van der Waals surface area contributed by atoms with E-state index in [4.69, 9.17) is 4.74 Å². The van der Waals surface area contributed by atoms with Gasteiger partial charge in [-0.2, -0.15) is 0 Å². The summed E-state index contributed by atoms with van der Waals surface area (Å²) in [6, 6.07) is 9.37. The summed E-state index contributed by atoms with van der Waals surface area (Å²) in [4.78, 5) is 26.1. The van der Waals surface area contributed by atoms with Crippen molar-refractivity contribution in [2.75, 3.05) is 7.11 Å². The van der Waals surface area contributed by atoms with Crippen LogP contribution in [0.2, 0.25) is 0 Å². The lowest BCUT2D eigenvalue weighted by atomic mass is 9.41. The maximum atomic E-state index is 13.5. The molecule has 7 atom stereocenters. The number of hydrogen-bond acceptors (Lipinski definition) is 4. The third-order valence-electron chi connectivity index (χ3n) is 7.29. The Bertz CT molecular complexity index is 684. The van der Waals surface area contributed by atoms with E-state index >= 15 is 0 Å². The van der Waals surface area contributed by atoms with E-state index in [1.165, 1.54) is 7.11 Å². The van der Waals surface area contributed by atoms with Crippen molar-refractivity contribution in [2.24, 2.45) is 35.0 Å². The largest absolute Gasteiger partial charge is 0.469 e. The van der Waals surface area contributed by atoms with Crippen LogP contribution >= 0.6 is 0 Å². The molecule has 1 unspecified atom stereocenters. The van der Waals surface area contributed by atoms with Gasteiger partial charge in [-0.15, -0.1) is 0 Å². The zero-order valence-electron chi connectivity index (χ0n) is 14.9. The van der Waals surface area contributed by atoms with Gasteiger partial charge < -0.3 is 9.84 Å². The number of aliphatic hydroxyl groups is 1. The van der Waals surface area contributed by atoms with Gasteiger partial charge >= 0.3 is 5.97 Å². The number of carbonyl (C=O) groups excluding carboxylic acids is 2. The Morgan fingerprint density at radius 1 is 1.28 bits per heavy atom. The van der Waals surface area contributed by atoms with Gasteiger partial charge in [-0.05, 0) is 49.5 Å². The number of ketones is 1. The minimum Gasteiger partial charge on any atom is -0.469 e. The highest BCUT2D eigenvalue weighted by Gasteiger charge is 2.67. The molecule has 0 aromatic heterocycles. The van der Waals surface area contributed by atoms with Crippen LogP contribution in [0.5, 0.6) is 0 Å². The molecule has 4 saturated carbocycles. The van der Waals surface area contributed by atoms with Crippen LogP contribution in [0.25, 0.3) is 0 Å². The normalized spacial score (nSPS) is 40.6. The van der Waals surface area contributed by atoms with Crippen LogP contribution in [0.4, 0.5) is 0 Å². The van der Waals surface area contributed by atoms with Gasteiger partial charge in [0.2, 0.25) is 0 Å². The van der Waals surface area contributed by atoms with Gasteiger partial charge in [0, 0.05) is 5.92 Å². The Morgan fingerprint density at radius 3 is 2.68 bits per heavy atom. The molecular formula is C21H26O4. The Balaban J connectivity index is 1.79. The van der Waals surface area contributed by atoms with E-state index in [0.29, 0.717) is 5.92 Å². The SMILES string of the molecule is COC(=O)[C@@H]1[C@H]2CCC[C@H]3C[C@@H]1[C@](C)(C(O)c1ccccc1)C(=O)[C@H]32. The molecule has 0 aliphatic heterocycles. The van der Waals surface area contributed by atoms with E-state index in [0.717, 1.165) is 31.2 Å². The number of methoxy groups -OCH3 is 1. The van der Waals surface area contributed by atoms with Crippen LogP contribution in [0.1, 0.15) is 44.3 Å². The smallest absolute Gasteiger partial charge is 0.309 e.